The molecule has 5 nitrogen and oxygen atoms in total. The van der Waals surface area contributed by atoms with Crippen LogP contribution < -0.4 is 20.2 Å². The number of anilines is 1. The van der Waals surface area contributed by atoms with Crippen molar-refractivity contribution in [2.45, 2.75) is 39.4 Å². The molecular formula is C26H26FN3O2S. The molecule has 1 heterocycles. The van der Waals surface area contributed by atoms with Crippen molar-refractivity contribution in [2.75, 3.05) is 5.32 Å². The molecule has 0 saturated heterocycles. The molecule has 0 atom stereocenters. The van der Waals surface area contributed by atoms with Crippen LogP contribution in [0.4, 0.5) is 10.1 Å². The summed E-state index contributed by atoms with van der Waals surface area (Å²) in [5, 5.41) is 7.75. The summed E-state index contributed by atoms with van der Waals surface area (Å²) in [5.74, 6) is 1.12. The van der Waals surface area contributed by atoms with Gasteiger partial charge in [-0.3, -0.25) is 5.43 Å². The number of hydrogen-bond donors (Lipinski definition) is 2. The number of nitrogens with zero attached hydrogens (tertiary/aromatic N) is 1. The van der Waals surface area contributed by atoms with Crippen molar-refractivity contribution < 1.29 is 13.9 Å². The molecule has 2 N–H and O–H groups in total. The zero-order valence-electron chi connectivity index (χ0n) is 18.8. The molecule has 33 heavy (non-hydrogen) atoms. The minimum Gasteiger partial charge on any atom is -0.489 e. The predicted octanol–water partition coefficient (Wildman–Crippen LogP) is 5.96. The number of nitrogens with one attached hydrogen (secondary N) is 2. The monoisotopic (exact) mass is 463 g/mol. The van der Waals surface area contributed by atoms with Gasteiger partial charge >= 0.3 is 0 Å². The number of rotatable bonds is 5. The van der Waals surface area contributed by atoms with Crippen LogP contribution in [0.1, 0.15) is 37.0 Å². The zero-order chi connectivity index (χ0) is 23.4. The van der Waals surface area contributed by atoms with Crippen molar-refractivity contribution >= 4 is 28.7 Å². The minimum absolute atomic E-state index is 0.269. The van der Waals surface area contributed by atoms with E-state index in [9.17, 15) is 4.39 Å². The van der Waals surface area contributed by atoms with Gasteiger partial charge in [0.15, 0.2) is 5.11 Å². The van der Waals surface area contributed by atoms with E-state index in [4.69, 9.17) is 21.7 Å². The van der Waals surface area contributed by atoms with Gasteiger partial charge in [-0.15, -0.1) is 0 Å². The van der Waals surface area contributed by atoms with E-state index >= 15 is 0 Å². The van der Waals surface area contributed by atoms with E-state index in [-0.39, 0.29) is 10.9 Å². The van der Waals surface area contributed by atoms with E-state index in [0.717, 1.165) is 28.3 Å². The second kappa shape index (κ2) is 9.58. The van der Waals surface area contributed by atoms with Crippen LogP contribution in [-0.2, 0) is 6.61 Å². The molecule has 0 aromatic heterocycles. The van der Waals surface area contributed by atoms with E-state index in [1.807, 2.05) is 44.2 Å². The van der Waals surface area contributed by atoms with Crippen molar-refractivity contribution in [3.63, 3.8) is 0 Å². The maximum absolute atomic E-state index is 13.4. The fraction of sp³-hybridized carbons (Fsp3) is 0.231. The summed E-state index contributed by atoms with van der Waals surface area (Å²) < 4.78 is 25.6. The molecule has 1 aliphatic rings. The Kier molecular flexibility index (Phi) is 6.60. The molecule has 7 heteroatoms. The fourth-order valence-electron chi connectivity index (χ4n) is 3.62. The summed E-state index contributed by atoms with van der Waals surface area (Å²) in [6.07, 6.45) is 0.580. The lowest BCUT2D eigenvalue weighted by Crippen LogP contribution is -2.37. The van der Waals surface area contributed by atoms with Gasteiger partial charge in [0.1, 0.15) is 29.5 Å². The lowest BCUT2D eigenvalue weighted by Gasteiger charge is -2.33. The largest absolute Gasteiger partial charge is 0.489 e. The van der Waals surface area contributed by atoms with E-state index < -0.39 is 5.60 Å². The summed E-state index contributed by atoms with van der Waals surface area (Å²) >= 11 is 5.33. The van der Waals surface area contributed by atoms with Crippen LogP contribution in [0.3, 0.4) is 0 Å². The number of ether oxygens (including phenoxy) is 2. The third-order valence-corrected chi connectivity index (χ3v) is 5.47. The highest BCUT2D eigenvalue weighted by atomic mass is 32.1. The molecule has 0 fully saturated rings. The van der Waals surface area contributed by atoms with Crippen LogP contribution in [0, 0.1) is 12.7 Å². The van der Waals surface area contributed by atoms with Gasteiger partial charge in [0.05, 0.1) is 5.71 Å². The van der Waals surface area contributed by atoms with Gasteiger partial charge in [0.25, 0.3) is 0 Å². The molecule has 0 radical (unpaired) electrons. The first-order valence-corrected chi connectivity index (χ1v) is 11.1. The Hall–Kier alpha value is -3.45. The quantitative estimate of drug-likeness (QED) is 0.361. The van der Waals surface area contributed by atoms with E-state index in [1.165, 1.54) is 17.7 Å². The van der Waals surface area contributed by atoms with Gasteiger partial charge in [-0.05, 0) is 80.5 Å². The van der Waals surface area contributed by atoms with Crippen molar-refractivity contribution in [3.8, 4) is 11.5 Å². The van der Waals surface area contributed by atoms with Gasteiger partial charge in [0, 0.05) is 17.7 Å². The number of thiocarbonyl (C=S) groups is 1. The van der Waals surface area contributed by atoms with Crippen LogP contribution >= 0.6 is 12.2 Å². The standard InChI is InChI=1S/C26H26FN3O2S/c1-17-7-4-5-8-18(17)16-31-21-11-12-24-22(14-21)23(15-26(2,3)32-24)29-30-25(33)28-20-10-6-9-19(27)13-20/h4-14H,15-16H2,1-3H3,(H2,28,30,33). The van der Waals surface area contributed by atoms with Gasteiger partial charge in [-0.25, -0.2) is 4.39 Å². The Morgan fingerprint density at radius 2 is 1.94 bits per heavy atom. The minimum atomic E-state index is -0.422. The number of aryl methyl sites for hydroxylation is 1. The van der Waals surface area contributed by atoms with E-state index in [1.54, 1.807) is 12.1 Å². The zero-order valence-corrected chi connectivity index (χ0v) is 19.6. The SMILES string of the molecule is Cc1ccccc1COc1ccc2c(c1)C(=NNC(=S)Nc1cccc(F)c1)CC(C)(C)O2. The average molecular weight is 464 g/mol. The molecule has 3 aromatic carbocycles. The lowest BCUT2D eigenvalue weighted by molar-refractivity contribution is 0.111. The molecule has 0 bridgehead atoms. The maximum Gasteiger partial charge on any atom is 0.191 e. The molecule has 0 saturated carbocycles. The Bertz CT molecular complexity index is 1210. The topological polar surface area (TPSA) is 54.9 Å². The first kappa shape index (κ1) is 22.7. The summed E-state index contributed by atoms with van der Waals surface area (Å²) in [6, 6.07) is 20.0. The predicted molar refractivity (Wildman–Crippen MR) is 134 cm³/mol. The van der Waals surface area contributed by atoms with Gasteiger partial charge in [-0.1, -0.05) is 30.3 Å². The highest BCUT2D eigenvalue weighted by molar-refractivity contribution is 7.80. The first-order chi connectivity index (χ1) is 15.8. The van der Waals surface area contributed by atoms with Crippen LogP contribution in [0.25, 0.3) is 0 Å². The van der Waals surface area contributed by atoms with Gasteiger partial charge < -0.3 is 14.8 Å². The highest BCUT2D eigenvalue weighted by Gasteiger charge is 2.31. The molecule has 0 unspecified atom stereocenters. The Labute approximate surface area is 198 Å². The number of benzene rings is 3. The number of hydrazone groups is 1. The average Bonchev–Trinajstić information content (AvgIpc) is 2.76. The normalized spacial score (nSPS) is 15.3. The van der Waals surface area contributed by atoms with Crippen LogP contribution in [0.5, 0.6) is 11.5 Å². The van der Waals surface area contributed by atoms with Crippen molar-refractivity contribution in [1.82, 2.24) is 5.43 Å². The van der Waals surface area contributed by atoms with Crippen molar-refractivity contribution in [2.24, 2.45) is 5.10 Å². The second-order valence-corrected chi connectivity index (χ2v) is 8.95. The lowest BCUT2D eigenvalue weighted by atomic mass is 9.92. The van der Waals surface area contributed by atoms with Crippen molar-refractivity contribution in [1.29, 1.82) is 0 Å². The number of fused-ring (bicyclic) bond motifs is 1. The van der Waals surface area contributed by atoms with E-state index in [0.29, 0.717) is 18.7 Å². The summed E-state index contributed by atoms with van der Waals surface area (Å²) in [5.41, 5.74) is 6.96. The highest BCUT2D eigenvalue weighted by Crippen LogP contribution is 2.35. The molecule has 170 valence electrons. The van der Waals surface area contributed by atoms with Gasteiger partial charge in [-0.2, -0.15) is 5.10 Å². The molecule has 1 aliphatic heterocycles. The third-order valence-electron chi connectivity index (χ3n) is 5.27. The molecule has 3 aromatic rings. The Balaban J connectivity index is 1.52. The molecule has 4 rings (SSSR count). The van der Waals surface area contributed by atoms with Crippen LogP contribution in [0.15, 0.2) is 71.8 Å². The Morgan fingerprint density at radius 3 is 2.73 bits per heavy atom. The molecule has 0 amide bonds. The number of halogens is 1. The first-order valence-electron chi connectivity index (χ1n) is 10.7. The molecule has 0 spiro atoms. The summed E-state index contributed by atoms with van der Waals surface area (Å²) in [6.45, 7) is 6.57. The summed E-state index contributed by atoms with van der Waals surface area (Å²) in [7, 11) is 0. The van der Waals surface area contributed by atoms with Crippen LogP contribution in [0.2, 0.25) is 0 Å². The number of hydrogen-bond acceptors (Lipinski definition) is 4. The third kappa shape index (κ3) is 5.87. The molecule has 0 aliphatic carbocycles. The van der Waals surface area contributed by atoms with Gasteiger partial charge in [0.2, 0.25) is 0 Å². The van der Waals surface area contributed by atoms with Crippen LogP contribution in [-0.4, -0.2) is 16.4 Å². The second-order valence-electron chi connectivity index (χ2n) is 8.55. The summed E-state index contributed by atoms with van der Waals surface area (Å²) in [4.78, 5) is 0. The Morgan fingerprint density at radius 1 is 1.12 bits per heavy atom. The fourth-order valence-corrected chi connectivity index (χ4v) is 3.79. The molecular weight excluding hydrogens is 437 g/mol. The van der Waals surface area contributed by atoms with E-state index in [2.05, 4.69) is 34.9 Å². The van der Waals surface area contributed by atoms with Crippen molar-refractivity contribution in [3.05, 3.63) is 89.2 Å². The smallest absolute Gasteiger partial charge is 0.191 e. The maximum atomic E-state index is 13.4.